The Labute approximate surface area is 123 Å². The van der Waals surface area contributed by atoms with Crippen molar-refractivity contribution in [2.24, 2.45) is 0 Å². The van der Waals surface area contributed by atoms with E-state index in [4.69, 9.17) is 34.5 Å². The van der Waals surface area contributed by atoms with Crippen LogP contribution in [0.1, 0.15) is 0 Å². The Hall–Kier alpha value is 0.250. The second-order valence-electron chi connectivity index (χ2n) is 3.73. The van der Waals surface area contributed by atoms with Gasteiger partial charge in [0.15, 0.2) is 0 Å². The van der Waals surface area contributed by atoms with Crippen LogP contribution < -0.4 is 0 Å². The smallest absolute Gasteiger partial charge is 0.394 e. The van der Waals surface area contributed by atoms with Gasteiger partial charge < -0.3 is 39.6 Å². The van der Waals surface area contributed by atoms with Crippen molar-refractivity contribution in [2.75, 3.05) is 13.2 Å². The normalized spacial score (nSPS) is 18.0. The number of aliphatic hydroxyl groups is 2. The topological polar surface area (TPSA) is 241 Å². The van der Waals surface area contributed by atoms with Gasteiger partial charge in [0.25, 0.3) is 0 Å². The highest BCUT2D eigenvalue weighted by molar-refractivity contribution is 7.47. The van der Waals surface area contributed by atoms with E-state index in [0.717, 1.165) is 0 Å². The first-order valence-corrected chi connectivity index (χ1v) is 9.70. The second-order valence-corrected chi connectivity index (χ2v) is 7.35. The van der Waals surface area contributed by atoms with Crippen LogP contribution >= 0.6 is 23.5 Å². The maximum Gasteiger partial charge on any atom is 0.470 e. The minimum absolute atomic E-state index is 1.18. The molecule has 0 unspecified atom stereocenters. The fourth-order valence-corrected chi connectivity index (χ4v) is 2.65. The summed E-state index contributed by atoms with van der Waals surface area (Å²) in [5.41, 5.74) is 0. The summed E-state index contributed by atoms with van der Waals surface area (Å²) in [4.78, 5) is 51.7. The van der Waals surface area contributed by atoms with Crippen LogP contribution in [0.4, 0.5) is 0 Å². The molecular weight excluding hydrogens is 377 g/mol. The van der Waals surface area contributed by atoms with Gasteiger partial charge in [-0.3, -0.25) is 13.6 Å². The summed E-state index contributed by atoms with van der Waals surface area (Å²) < 4.78 is 44.1. The Morgan fingerprint density at radius 2 is 1.27 bits per heavy atom. The van der Waals surface area contributed by atoms with Crippen LogP contribution in [0.15, 0.2) is 0 Å². The summed E-state index contributed by atoms with van der Waals surface area (Å²) in [6.45, 7) is -2.50. The molecule has 0 bridgehead atoms. The van der Waals surface area contributed by atoms with Gasteiger partial charge in [0.05, 0.1) is 13.2 Å². The highest BCUT2D eigenvalue weighted by atomic mass is 31.2. The summed E-state index contributed by atoms with van der Waals surface area (Å²) >= 11 is 0. The van der Waals surface area contributed by atoms with Crippen molar-refractivity contribution < 1.29 is 66.8 Å². The van der Waals surface area contributed by atoms with Gasteiger partial charge in [0.1, 0.15) is 18.3 Å². The Balaban J connectivity index is 5.38. The number of rotatable bonds is 10. The molecule has 14 nitrogen and oxygen atoms in total. The van der Waals surface area contributed by atoms with Crippen LogP contribution in [-0.4, -0.2) is 71.1 Å². The lowest BCUT2D eigenvalue weighted by atomic mass is 10.1. The lowest BCUT2D eigenvalue weighted by Gasteiger charge is -2.29. The summed E-state index contributed by atoms with van der Waals surface area (Å²) in [5.74, 6) is 0. The lowest BCUT2D eigenvalue weighted by molar-refractivity contribution is -0.0826. The molecule has 22 heavy (non-hydrogen) atoms. The van der Waals surface area contributed by atoms with Crippen LogP contribution in [0.5, 0.6) is 0 Å². The predicted octanol–water partition coefficient (Wildman–Crippen LogP) is -2.60. The maximum absolute atomic E-state index is 10.8. The van der Waals surface area contributed by atoms with Crippen LogP contribution in [-0.2, 0) is 27.3 Å². The number of hydrogen-bond acceptors (Lipinski definition) is 8. The molecule has 134 valence electrons. The molecule has 17 heteroatoms. The predicted molar refractivity (Wildman–Crippen MR) is 64.9 cm³/mol. The third kappa shape index (κ3) is 10.9. The molecule has 8 N–H and O–H groups in total. The van der Waals surface area contributed by atoms with Gasteiger partial charge in [0, 0.05) is 0 Å². The lowest BCUT2D eigenvalue weighted by Crippen LogP contribution is -2.44. The monoisotopic (exact) mass is 392 g/mol. The van der Waals surface area contributed by atoms with Crippen molar-refractivity contribution in [3.63, 3.8) is 0 Å². The van der Waals surface area contributed by atoms with Gasteiger partial charge in [-0.15, -0.1) is 0 Å². The van der Waals surface area contributed by atoms with E-state index in [9.17, 15) is 18.8 Å². The van der Waals surface area contributed by atoms with Crippen molar-refractivity contribution in [2.45, 2.75) is 18.3 Å². The Kier molecular flexibility index (Phi) is 8.47. The highest BCUT2D eigenvalue weighted by Gasteiger charge is 2.40. The molecule has 0 aromatic rings. The van der Waals surface area contributed by atoms with Gasteiger partial charge in [-0.1, -0.05) is 0 Å². The number of aliphatic hydroxyl groups excluding tert-OH is 2. The molecule has 0 rings (SSSR count). The summed E-state index contributed by atoms with van der Waals surface area (Å²) in [5, 5.41) is 18.1. The third-order valence-corrected chi connectivity index (χ3v) is 3.42. The van der Waals surface area contributed by atoms with Gasteiger partial charge in [-0.2, -0.15) is 0 Å². The minimum atomic E-state index is -5.33. The molecule has 0 aliphatic carbocycles. The largest absolute Gasteiger partial charge is 0.470 e. The Morgan fingerprint density at radius 1 is 0.818 bits per heavy atom. The molecule has 0 aliphatic rings. The van der Waals surface area contributed by atoms with Gasteiger partial charge >= 0.3 is 23.5 Å². The van der Waals surface area contributed by atoms with Gasteiger partial charge in [-0.25, -0.2) is 13.7 Å². The minimum Gasteiger partial charge on any atom is -0.394 e. The molecule has 0 aromatic carbocycles. The Morgan fingerprint density at radius 3 is 1.59 bits per heavy atom. The number of phosphoric ester groups is 3. The zero-order chi connectivity index (χ0) is 17.8. The van der Waals surface area contributed by atoms with E-state index in [2.05, 4.69) is 13.6 Å². The summed E-state index contributed by atoms with van der Waals surface area (Å²) in [6, 6.07) is 0. The van der Waals surface area contributed by atoms with E-state index in [1.807, 2.05) is 0 Å². The van der Waals surface area contributed by atoms with Crippen molar-refractivity contribution in [3.05, 3.63) is 0 Å². The van der Waals surface area contributed by atoms with E-state index in [-0.39, 0.29) is 0 Å². The van der Waals surface area contributed by atoms with E-state index in [0.29, 0.717) is 0 Å². The molecule has 0 saturated carbocycles. The molecular formula is C5H15O14P3. The standard InChI is InChI=1S/C5H15O14P3/c6-1-3(7)5(19-22(14,15)16)4(18-21(11,12)13)2-17-20(8,9)10/h3-7H,1-2H2,(H2,8,9,10)(H2,11,12,13)(H2,14,15,16)/t3-,4+,5-/m1/s1. The fourth-order valence-electron chi connectivity index (χ4n) is 1.18. The average Bonchev–Trinajstić information content (AvgIpc) is 2.27. The first-order chi connectivity index (χ1) is 9.64. The van der Waals surface area contributed by atoms with Crippen molar-refractivity contribution in [1.29, 1.82) is 0 Å². The molecule has 0 aliphatic heterocycles. The SMILES string of the molecule is O=P(O)(O)OC[C@H](OP(=O)(O)O)[C@H](OP(=O)(O)O)[C@H](O)CO. The zero-order valence-electron chi connectivity index (χ0n) is 10.5. The van der Waals surface area contributed by atoms with Crippen LogP contribution in [0, 0.1) is 0 Å². The highest BCUT2D eigenvalue weighted by Crippen LogP contribution is 2.45. The van der Waals surface area contributed by atoms with E-state index in [1.165, 1.54) is 0 Å². The third-order valence-electron chi connectivity index (χ3n) is 1.87. The zero-order valence-corrected chi connectivity index (χ0v) is 13.2. The first-order valence-electron chi connectivity index (χ1n) is 5.11. The van der Waals surface area contributed by atoms with E-state index in [1.54, 1.807) is 0 Å². The molecule has 0 saturated heterocycles. The average molecular weight is 392 g/mol. The van der Waals surface area contributed by atoms with Crippen molar-refractivity contribution in [3.8, 4) is 0 Å². The molecule has 0 amide bonds. The second kappa shape index (κ2) is 8.38. The molecule has 0 aromatic heterocycles. The molecule has 0 heterocycles. The van der Waals surface area contributed by atoms with Crippen LogP contribution in [0.3, 0.4) is 0 Å². The summed E-state index contributed by atoms with van der Waals surface area (Å²) in [7, 11) is -15.8. The van der Waals surface area contributed by atoms with E-state index < -0.39 is 55.0 Å². The van der Waals surface area contributed by atoms with Crippen LogP contribution in [0.25, 0.3) is 0 Å². The fraction of sp³-hybridized carbons (Fsp3) is 1.00. The molecule has 0 fully saturated rings. The molecule has 0 radical (unpaired) electrons. The first kappa shape index (κ1) is 22.2. The van der Waals surface area contributed by atoms with Crippen molar-refractivity contribution in [1.82, 2.24) is 0 Å². The maximum atomic E-state index is 10.8. The summed E-state index contributed by atoms with van der Waals surface area (Å²) in [6.07, 6.45) is -6.63. The molecule has 3 atom stereocenters. The number of phosphoric acid groups is 3. The number of hydrogen-bond donors (Lipinski definition) is 8. The van der Waals surface area contributed by atoms with Gasteiger partial charge in [-0.05, 0) is 0 Å². The van der Waals surface area contributed by atoms with Crippen LogP contribution in [0.2, 0.25) is 0 Å². The van der Waals surface area contributed by atoms with Crippen molar-refractivity contribution >= 4 is 23.5 Å². The quantitative estimate of drug-likeness (QED) is 0.178. The molecule has 0 spiro atoms. The van der Waals surface area contributed by atoms with E-state index >= 15 is 0 Å². The van der Waals surface area contributed by atoms with Gasteiger partial charge in [0.2, 0.25) is 0 Å². The Bertz CT molecular complexity index is 473.